The maximum Gasteiger partial charge on any atom is 0.408 e. The molecule has 302 valence electrons. The highest BCUT2D eigenvalue weighted by Crippen LogP contribution is 2.39. The van der Waals surface area contributed by atoms with Gasteiger partial charge in [-0.25, -0.2) is 9.59 Å². The quantitative estimate of drug-likeness (QED) is 0.217. The standard InChI is InChI=1S/C39H61N5O10/c1-6-14-28(31(34(46)40-25-17-18-25)52-26-15-12-10-8-9-11-13-16-26)41-33(45)30-22-39(21-29(43-54-39)36(48)51-7-2)24-44(30)35(47)32(38(3,4)5)42-37(49)53-27-19-20-50-23-27/h15,25,27-28,30-32H,6-14,16-24H2,1-5H3,(H,40,46)(H,41,45)(H,42,49)/b26-15+/t27-,28-,30-,31?,32+,39+/m0/s1. The highest BCUT2D eigenvalue weighted by Gasteiger charge is 2.56. The number of esters is 1. The maximum atomic E-state index is 14.6. The van der Waals surface area contributed by atoms with Crippen LogP contribution in [-0.2, 0) is 43.0 Å². The first kappa shape index (κ1) is 41.3. The van der Waals surface area contributed by atoms with Gasteiger partial charge in [-0.3, -0.25) is 14.4 Å². The predicted molar refractivity (Wildman–Crippen MR) is 198 cm³/mol. The third kappa shape index (κ3) is 11.1. The van der Waals surface area contributed by atoms with Crippen LogP contribution in [-0.4, -0.2) is 109 Å². The van der Waals surface area contributed by atoms with E-state index in [-0.39, 0.29) is 50.3 Å². The number of nitrogens with one attached hydrogen (secondary N) is 3. The van der Waals surface area contributed by atoms with Crippen LogP contribution in [0.1, 0.15) is 125 Å². The Morgan fingerprint density at radius 3 is 2.48 bits per heavy atom. The van der Waals surface area contributed by atoms with E-state index in [1.165, 1.54) is 4.90 Å². The van der Waals surface area contributed by atoms with Gasteiger partial charge in [0, 0.05) is 31.7 Å². The molecule has 2 saturated heterocycles. The number of oxime groups is 1. The van der Waals surface area contributed by atoms with Crippen LogP contribution >= 0.6 is 0 Å². The van der Waals surface area contributed by atoms with Crippen LogP contribution in [0.3, 0.4) is 0 Å². The van der Waals surface area contributed by atoms with Crippen LogP contribution in [0.5, 0.6) is 0 Å². The Balaban J connectivity index is 1.41. The first-order valence-electron chi connectivity index (χ1n) is 20.1. The molecule has 3 heterocycles. The van der Waals surface area contributed by atoms with E-state index in [0.29, 0.717) is 32.3 Å². The van der Waals surface area contributed by atoms with Crippen molar-refractivity contribution in [1.82, 2.24) is 20.9 Å². The van der Waals surface area contributed by atoms with E-state index in [1.54, 1.807) is 6.92 Å². The number of allylic oxidation sites excluding steroid dienone is 2. The summed E-state index contributed by atoms with van der Waals surface area (Å²) >= 11 is 0. The van der Waals surface area contributed by atoms with E-state index in [1.807, 2.05) is 27.7 Å². The summed E-state index contributed by atoms with van der Waals surface area (Å²) in [6, 6.07) is -2.80. The molecule has 0 radical (unpaired) electrons. The second kappa shape index (κ2) is 18.6. The molecule has 2 aliphatic carbocycles. The lowest BCUT2D eigenvalue weighted by molar-refractivity contribution is -0.143. The molecule has 3 aliphatic heterocycles. The highest BCUT2D eigenvalue weighted by molar-refractivity contribution is 6.36. The number of alkyl carbamates (subject to hydrolysis) is 1. The minimum absolute atomic E-state index is 0.0154. The summed E-state index contributed by atoms with van der Waals surface area (Å²) in [5.74, 6) is -1.16. The van der Waals surface area contributed by atoms with Crippen molar-refractivity contribution < 1.29 is 47.8 Å². The van der Waals surface area contributed by atoms with Gasteiger partial charge in [0.2, 0.25) is 11.8 Å². The van der Waals surface area contributed by atoms with Gasteiger partial charge in [-0.1, -0.05) is 58.5 Å². The first-order chi connectivity index (χ1) is 25.8. The summed E-state index contributed by atoms with van der Waals surface area (Å²) in [6.45, 7) is 9.93. The van der Waals surface area contributed by atoms with Gasteiger partial charge in [0.15, 0.2) is 17.4 Å². The number of amides is 4. The Labute approximate surface area is 319 Å². The fraction of sp³-hybridized carbons (Fsp3) is 0.795. The molecule has 6 atom stereocenters. The molecule has 3 N–H and O–H groups in total. The van der Waals surface area contributed by atoms with Gasteiger partial charge in [-0.15, -0.1) is 0 Å². The van der Waals surface area contributed by atoms with Gasteiger partial charge in [0.1, 0.15) is 18.2 Å². The van der Waals surface area contributed by atoms with Gasteiger partial charge in [0.25, 0.3) is 5.91 Å². The Hall–Kier alpha value is -3.88. The molecule has 0 aromatic rings. The zero-order valence-electron chi connectivity index (χ0n) is 32.7. The Kier molecular flexibility index (Phi) is 14.2. The fourth-order valence-electron chi connectivity index (χ4n) is 7.50. The molecule has 1 unspecified atom stereocenters. The Bertz CT molecular complexity index is 1420. The molecule has 0 aromatic heterocycles. The Morgan fingerprint density at radius 1 is 1.04 bits per heavy atom. The lowest BCUT2D eigenvalue weighted by Gasteiger charge is -2.36. The van der Waals surface area contributed by atoms with Crippen molar-refractivity contribution in [3.8, 4) is 0 Å². The maximum absolute atomic E-state index is 14.6. The molecule has 1 saturated carbocycles. The second-order valence-corrected chi connectivity index (χ2v) is 16.4. The number of ether oxygens (including phenoxy) is 4. The Morgan fingerprint density at radius 2 is 1.80 bits per heavy atom. The molecule has 15 heteroatoms. The van der Waals surface area contributed by atoms with E-state index in [2.05, 4.69) is 27.2 Å². The molecule has 15 nitrogen and oxygen atoms in total. The smallest absolute Gasteiger partial charge is 0.408 e. The van der Waals surface area contributed by atoms with Crippen molar-refractivity contribution in [3.63, 3.8) is 0 Å². The molecule has 1 spiro atoms. The van der Waals surface area contributed by atoms with E-state index in [0.717, 1.165) is 57.1 Å². The highest BCUT2D eigenvalue weighted by atomic mass is 16.7. The van der Waals surface area contributed by atoms with Crippen molar-refractivity contribution in [2.75, 3.05) is 26.4 Å². The molecular formula is C39H61N5O10. The normalized spacial score (nSPS) is 27.1. The monoisotopic (exact) mass is 759 g/mol. The van der Waals surface area contributed by atoms with E-state index in [9.17, 15) is 24.0 Å². The van der Waals surface area contributed by atoms with Crippen LogP contribution in [0.2, 0.25) is 0 Å². The predicted octanol–water partition coefficient (Wildman–Crippen LogP) is 4.17. The van der Waals surface area contributed by atoms with Crippen molar-refractivity contribution in [3.05, 3.63) is 11.8 Å². The van der Waals surface area contributed by atoms with Crippen molar-refractivity contribution in [2.45, 2.75) is 166 Å². The van der Waals surface area contributed by atoms with E-state index < -0.39 is 65.2 Å². The summed E-state index contributed by atoms with van der Waals surface area (Å²) in [6.07, 6.45) is 10.4. The number of carbonyl (C=O) groups is 5. The largest absolute Gasteiger partial charge is 0.483 e. The number of carbonyl (C=O) groups excluding carboxylic acids is 5. The van der Waals surface area contributed by atoms with Crippen molar-refractivity contribution in [2.24, 2.45) is 10.6 Å². The second-order valence-electron chi connectivity index (χ2n) is 16.4. The molecule has 0 aromatic carbocycles. The number of hydrogen-bond acceptors (Lipinski definition) is 11. The number of nitrogens with zero attached hydrogens (tertiary/aromatic N) is 2. The average molecular weight is 760 g/mol. The molecule has 5 aliphatic rings. The number of rotatable bonds is 14. The van der Waals surface area contributed by atoms with Crippen LogP contribution in [0, 0.1) is 5.41 Å². The van der Waals surface area contributed by atoms with Crippen LogP contribution < -0.4 is 16.0 Å². The van der Waals surface area contributed by atoms with Gasteiger partial charge < -0.3 is 44.6 Å². The molecular weight excluding hydrogens is 698 g/mol. The zero-order valence-corrected chi connectivity index (χ0v) is 32.7. The average Bonchev–Trinajstić information content (AvgIpc) is 3.47. The van der Waals surface area contributed by atoms with Crippen LogP contribution in [0.25, 0.3) is 0 Å². The molecule has 4 amide bonds. The van der Waals surface area contributed by atoms with Gasteiger partial charge in [-0.2, -0.15) is 0 Å². The summed E-state index contributed by atoms with van der Waals surface area (Å²) in [7, 11) is 0. The van der Waals surface area contributed by atoms with Crippen LogP contribution in [0.15, 0.2) is 17.0 Å². The SMILES string of the molecule is CCC[C@H](NC(=O)[C@@H]1C[C@]2(CC(C(=O)OCC)=NO2)CN1C(=O)[C@@H](NC(=O)O[C@H]1CCOC1)C(C)(C)C)C(O/C1=C/CCCCCCC1)C(=O)NC1CC1. The lowest BCUT2D eigenvalue weighted by Crippen LogP contribution is -2.60. The lowest BCUT2D eigenvalue weighted by atomic mass is 9.85. The van der Waals surface area contributed by atoms with Gasteiger partial charge in [0.05, 0.1) is 38.2 Å². The number of likely N-dealkylation sites (tertiary alicyclic amines) is 1. The first-order valence-corrected chi connectivity index (χ1v) is 20.1. The van der Waals surface area contributed by atoms with E-state index >= 15 is 0 Å². The van der Waals surface area contributed by atoms with Crippen molar-refractivity contribution >= 4 is 35.5 Å². The summed E-state index contributed by atoms with van der Waals surface area (Å²) in [5, 5.41) is 13.0. The summed E-state index contributed by atoms with van der Waals surface area (Å²) < 4.78 is 22.6. The minimum atomic E-state index is -1.19. The zero-order chi connectivity index (χ0) is 38.9. The van der Waals surface area contributed by atoms with Gasteiger partial charge >= 0.3 is 12.1 Å². The molecule has 54 heavy (non-hydrogen) atoms. The van der Waals surface area contributed by atoms with E-state index in [4.69, 9.17) is 23.8 Å². The molecule has 0 bridgehead atoms. The topological polar surface area (TPSA) is 183 Å². The summed E-state index contributed by atoms with van der Waals surface area (Å²) in [5.41, 5.74) is -1.92. The molecule has 5 rings (SSSR count). The third-order valence-corrected chi connectivity index (χ3v) is 10.6. The van der Waals surface area contributed by atoms with Gasteiger partial charge in [-0.05, 0) is 56.9 Å². The molecule has 3 fully saturated rings. The fourth-order valence-corrected chi connectivity index (χ4v) is 7.50. The number of hydrogen-bond donors (Lipinski definition) is 3. The third-order valence-electron chi connectivity index (χ3n) is 10.6. The minimum Gasteiger partial charge on any atom is -0.483 e. The summed E-state index contributed by atoms with van der Waals surface area (Å²) in [4.78, 5) is 76.1. The van der Waals surface area contributed by atoms with Crippen molar-refractivity contribution in [1.29, 1.82) is 0 Å². The van der Waals surface area contributed by atoms with Crippen LogP contribution in [0.4, 0.5) is 4.79 Å².